The van der Waals surface area contributed by atoms with Crippen LogP contribution in [0.15, 0.2) is 65.2 Å². The van der Waals surface area contributed by atoms with Gasteiger partial charge >= 0.3 is 0 Å². The first-order valence-electron chi connectivity index (χ1n) is 8.76. The van der Waals surface area contributed by atoms with E-state index in [2.05, 4.69) is 10.3 Å². The Balaban J connectivity index is 1.75. The lowest BCUT2D eigenvalue weighted by molar-refractivity contribution is 0.0944. The van der Waals surface area contributed by atoms with Crippen LogP contribution >= 0.6 is 0 Å². The molecule has 1 heterocycles. The van der Waals surface area contributed by atoms with Crippen molar-refractivity contribution in [3.8, 4) is 22.8 Å². The van der Waals surface area contributed by atoms with Crippen LogP contribution in [0.5, 0.6) is 0 Å². The standard InChI is InChI=1S/C21H22N2O3/c1-2-25-14-8-13-22-20(24)17-11-6-7-12-18(17)21-23-15-19(26-21)16-9-4-3-5-10-16/h3-7,9-12,15H,2,8,13-14H2,1H3,(H,22,24). The minimum Gasteiger partial charge on any atom is -0.436 e. The minimum atomic E-state index is -0.142. The molecule has 1 amide bonds. The van der Waals surface area contributed by atoms with E-state index in [-0.39, 0.29) is 5.91 Å². The molecule has 0 aliphatic rings. The van der Waals surface area contributed by atoms with Crippen LogP contribution in [0.4, 0.5) is 0 Å². The molecule has 0 unspecified atom stereocenters. The predicted octanol–water partition coefficient (Wildman–Crippen LogP) is 4.17. The Morgan fingerprint density at radius 2 is 1.88 bits per heavy atom. The van der Waals surface area contributed by atoms with Gasteiger partial charge in [-0.3, -0.25) is 4.79 Å². The average molecular weight is 350 g/mol. The quantitative estimate of drug-likeness (QED) is 0.620. The number of ether oxygens (including phenoxy) is 1. The predicted molar refractivity (Wildman–Crippen MR) is 101 cm³/mol. The summed E-state index contributed by atoms with van der Waals surface area (Å²) in [7, 11) is 0. The molecule has 0 radical (unpaired) electrons. The second-order valence-electron chi connectivity index (χ2n) is 5.75. The van der Waals surface area contributed by atoms with Crippen LogP contribution in [-0.4, -0.2) is 30.6 Å². The molecule has 5 heteroatoms. The zero-order valence-corrected chi connectivity index (χ0v) is 14.8. The summed E-state index contributed by atoms with van der Waals surface area (Å²) in [4.78, 5) is 16.9. The summed E-state index contributed by atoms with van der Waals surface area (Å²) in [5.41, 5.74) is 2.17. The normalized spacial score (nSPS) is 10.7. The largest absolute Gasteiger partial charge is 0.436 e. The highest BCUT2D eigenvalue weighted by Gasteiger charge is 2.16. The molecule has 134 valence electrons. The van der Waals surface area contributed by atoms with Gasteiger partial charge in [0, 0.05) is 30.9 Å². The molecule has 0 bridgehead atoms. The van der Waals surface area contributed by atoms with Crippen LogP contribution in [0.3, 0.4) is 0 Å². The molecule has 0 saturated heterocycles. The lowest BCUT2D eigenvalue weighted by Gasteiger charge is -2.08. The van der Waals surface area contributed by atoms with Gasteiger partial charge in [0.2, 0.25) is 5.89 Å². The first kappa shape index (κ1) is 17.9. The Bertz CT molecular complexity index is 843. The molecule has 1 N–H and O–H groups in total. The lowest BCUT2D eigenvalue weighted by Crippen LogP contribution is -2.25. The van der Waals surface area contributed by atoms with Crippen LogP contribution in [0, 0.1) is 0 Å². The van der Waals surface area contributed by atoms with Gasteiger partial charge < -0.3 is 14.5 Å². The van der Waals surface area contributed by atoms with Crippen molar-refractivity contribution in [2.24, 2.45) is 0 Å². The summed E-state index contributed by atoms with van der Waals surface area (Å²) in [5, 5.41) is 2.92. The third-order valence-electron chi connectivity index (χ3n) is 3.92. The fourth-order valence-corrected chi connectivity index (χ4v) is 2.62. The summed E-state index contributed by atoms with van der Waals surface area (Å²) in [6.07, 6.45) is 2.46. The SMILES string of the molecule is CCOCCCNC(=O)c1ccccc1-c1ncc(-c2ccccc2)o1. The first-order chi connectivity index (χ1) is 12.8. The topological polar surface area (TPSA) is 64.4 Å². The summed E-state index contributed by atoms with van der Waals surface area (Å²) in [6.45, 7) is 3.84. The van der Waals surface area contributed by atoms with Crippen LogP contribution in [0.1, 0.15) is 23.7 Å². The van der Waals surface area contributed by atoms with E-state index in [1.165, 1.54) is 0 Å². The van der Waals surface area contributed by atoms with Gasteiger partial charge in [-0.15, -0.1) is 0 Å². The molecule has 5 nitrogen and oxygen atoms in total. The molecule has 0 aliphatic heterocycles. The Labute approximate surface area is 153 Å². The summed E-state index contributed by atoms with van der Waals surface area (Å²) >= 11 is 0. The first-order valence-corrected chi connectivity index (χ1v) is 8.76. The number of hydrogen-bond donors (Lipinski definition) is 1. The number of carbonyl (C=O) groups is 1. The maximum absolute atomic E-state index is 12.5. The van der Waals surface area contributed by atoms with Crippen molar-refractivity contribution in [2.75, 3.05) is 19.8 Å². The Hall–Kier alpha value is -2.92. The lowest BCUT2D eigenvalue weighted by atomic mass is 10.1. The Kier molecular flexibility index (Phi) is 6.17. The van der Waals surface area contributed by atoms with Crippen molar-refractivity contribution in [1.82, 2.24) is 10.3 Å². The Morgan fingerprint density at radius 3 is 2.69 bits per heavy atom. The average Bonchev–Trinajstić information content (AvgIpc) is 3.18. The monoisotopic (exact) mass is 350 g/mol. The fraction of sp³-hybridized carbons (Fsp3) is 0.238. The highest BCUT2D eigenvalue weighted by molar-refractivity contribution is 6.00. The van der Waals surface area contributed by atoms with Gasteiger partial charge in [-0.05, 0) is 25.5 Å². The van der Waals surface area contributed by atoms with Crippen molar-refractivity contribution in [3.63, 3.8) is 0 Å². The molecule has 1 aromatic heterocycles. The molecule has 26 heavy (non-hydrogen) atoms. The van der Waals surface area contributed by atoms with Gasteiger partial charge in [0.1, 0.15) is 0 Å². The maximum Gasteiger partial charge on any atom is 0.252 e. The number of nitrogens with zero attached hydrogens (tertiary/aromatic N) is 1. The molecular weight excluding hydrogens is 328 g/mol. The van der Waals surface area contributed by atoms with E-state index in [0.717, 1.165) is 12.0 Å². The number of rotatable bonds is 8. The van der Waals surface area contributed by atoms with Gasteiger partial charge in [-0.25, -0.2) is 4.98 Å². The molecule has 2 aromatic carbocycles. The zero-order valence-electron chi connectivity index (χ0n) is 14.8. The van der Waals surface area contributed by atoms with Crippen molar-refractivity contribution >= 4 is 5.91 Å². The highest BCUT2D eigenvalue weighted by Crippen LogP contribution is 2.28. The molecule has 3 aromatic rings. The third-order valence-corrected chi connectivity index (χ3v) is 3.92. The van der Waals surface area contributed by atoms with E-state index in [0.29, 0.717) is 42.5 Å². The fourth-order valence-electron chi connectivity index (χ4n) is 2.62. The van der Waals surface area contributed by atoms with Crippen molar-refractivity contribution in [1.29, 1.82) is 0 Å². The smallest absolute Gasteiger partial charge is 0.252 e. The van der Waals surface area contributed by atoms with Crippen molar-refractivity contribution in [3.05, 3.63) is 66.4 Å². The van der Waals surface area contributed by atoms with Crippen molar-refractivity contribution < 1.29 is 13.9 Å². The van der Waals surface area contributed by atoms with Gasteiger partial charge in [-0.1, -0.05) is 42.5 Å². The van der Waals surface area contributed by atoms with Crippen LogP contribution in [0.2, 0.25) is 0 Å². The maximum atomic E-state index is 12.5. The molecule has 0 spiro atoms. The molecular formula is C21H22N2O3. The van der Waals surface area contributed by atoms with E-state index < -0.39 is 0 Å². The third kappa shape index (κ3) is 4.37. The van der Waals surface area contributed by atoms with Crippen molar-refractivity contribution in [2.45, 2.75) is 13.3 Å². The summed E-state index contributed by atoms with van der Waals surface area (Å²) < 4.78 is 11.2. The molecule has 0 saturated carbocycles. The molecule has 3 rings (SSSR count). The van der Waals surface area contributed by atoms with E-state index in [1.807, 2.05) is 55.5 Å². The molecule has 0 fully saturated rings. The van der Waals surface area contributed by atoms with E-state index in [1.54, 1.807) is 12.3 Å². The van der Waals surface area contributed by atoms with E-state index in [9.17, 15) is 4.79 Å². The van der Waals surface area contributed by atoms with E-state index in [4.69, 9.17) is 9.15 Å². The number of benzene rings is 2. The van der Waals surface area contributed by atoms with E-state index >= 15 is 0 Å². The number of amides is 1. The Morgan fingerprint density at radius 1 is 1.12 bits per heavy atom. The number of aromatic nitrogens is 1. The number of nitrogens with one attached hydrogen (secondary N) is 1. The summed E-state index contributed by atoms with van der Waals surface area (Å²) in [6, 6.07) is 17.1. The molecule has 0 atom stereocenters. The van der Waals surface area contributed by atoms with Gasteiger partial charge in [0.15, 0.2) is 5.76 Å². The van der Waals surface area contributed by atoms with Crippen LogP contribution < -0.4 is 5.32 Å². The molecule has 0 aliphatic carbocycles. The second-order valence-corrected chi connectivity index (χ2v) is 5.75. The number of carbonyl (C=O) groups excluding carboxylic acids is 1. The van der Waals surface area contributed by atoms with Gasteiger partial charge in [-0.2, -0.15) is 0 Å². The van der Waals surface area contributed by atoms with Crippen LogP contribution in [-0.2, 0) is 4.74 Å². The second kappa shape index (κ2) is 8.97. The number of hydrogen-bond acceptors (Lipinski definition) is 4. The highest BCUT2D eigenvalue weighted by atomic mass is 16.5. The number of oxazole rings is 1. The van der Waals surface area contributed by atoms with Crippen LogP contribution in [0.25, 0.3) is 22.8 Å². The van der Waals surface area contributed by atoms with Gasteiger partial charge in [0.05, 0.1) is 11.8 Å². The summed E-state index contributed by atoms with van der Waals surface area (Å²) in [5.74, 6) is 0.966. The zero-order chi connectivity index (χ0) is 18.2. The van der Waals surface area contributed by atoms with Gasteiger partial charge in [0.25, 0.3) is 5.91 Å². The minimum absolute atomic E-state index is 0.142.